The molecule has 1 heterocycles. The summed E-state index contributed by atoms with van der Waals surface area (Å²) >= 11 is 0. The first kappa shape index (κ1) is 17.0. The third-order valence-corrected chi connectivity index (χ3v) is 3.45. The van der Waals surface area contributed by atoms with E-state index in [2.05, 4.69) is 11.2 Å². The predicted octanol–water partition coefficient (Wildman–Crippen LogP) is 1.98. The summed E-state index contributed by atoms with van der Waals surface area (Å²) in [5, 5.41) is 7.63. The maximum atomic E-state index is 11.9. The molecule has 1 aromatic heterocycles. The van der Waals surface area contributed by atoms with Gasteiger partial charge in [0.2, 0.25) is 5.91 Å². The van der Waals surface area contributed by atoms with Crippen molar-refractivity contribution in [2.45, 2.75) is 13.3 Å². The Balaban J connectivity index is 1.97. The molecule has 1 radical (unpaired) electrons. The second kappa shape index (κ2) is 7.78. The number of hydrogen-bond donors (Lipinski definition) is 0. The zero-order valence-electron chi connectivity index (χ0n) is 14.1. The largest absolute Gasteiger partial charge is 0.492 e. The molecule has 0 atom stereocenters. The second-order valence-electron chi connectivity index (χ2n) is 5.43. The van der Waals surface area contributed by atoms with Gasteiger partial charge in [-0.2, -0.15) is 5.10 Å². The first-order chi connectivity index (χ1) is 11.0. The van der Waals surface area contributed by atoms with Crippen LogP contribution in [0.1, 0.15) is 13.3 Å². The van der Waals surface area contributed by atoms with Crippen molar-refractivity contribution in [2.75, 3.05) is 27.2 Å². The summed E-state index contributed by atoms with van der Waals surface area (Å²) in [6, 6.07) is 8.73. The summed E-state index contributed by atoms with van der Waals surface area (Å²) < 4.78 is 7.53. The number of nitrogens with zero attached hydrogens (tertiary/aromatic N) is 4. The van der Waals surface area contributed by atoms with Crippen LogP contribution in [0.5, 0.6) is 5.75 Å². The number of benzene rings is 1. The third-order valence-electron chi connectivity index (χ3n) is 3.45. The van der Waals surface area contributed by atoms with Crippen molar-refractivity contribution in [3.05, 3.63) is 36.7 Å². The summed E-state index contributed by atoms with van der Waals surface area (Å²) in [4.78, 5) is 11.9. The molecular formula is C17H23N4O2. The van der Waals surface area contributed by atoms with Crippen LogP contribution < -0.4 is 4.74 Å². The van der Waals surface area contributed by atoms with Crippen LogP contribution in [0, 0.1) is 6.07 Å². The van der Waals surface area contributed by atoms with Crippen LogP contribution in [0.25, 0.3) is 11.1 Å². The van der Waals surface area contributed by atoms with Gasteiger partial charge in [-0.15, -0.1) is 0 Å². The topological polar surface area (TPSA) is 50.6 Å². The summed E-state index contributed by atoms with van der Waals surface area (Å²) in [6.45, 7) is 2.79. The van der Waals surface area contributed by atoms with Crippen LogP contribution >= 0.6 is 0 Å². The van der Waals surface area contributed by atoms with Gasteiger partial charge in [-0.3, -0.25) is 14.5 Å². The third kappa shape index (κ3) is 4.56. The van der Waals surface area contributed by atoms with Crippen molar-refractivity contribution in [3.8, 4) is 16.9 Å². The zero-order valence-corrected chi connectivity index (χ0v) is 14.1. The molecule has 0 N–H and O–H groups in total. The van der Waals surface area contributed by atoms with Gasteiger partial charge < -0.3 is 4.74 Å². The molecule has 6 nitrogen and oxygen atoms in total. The molecule has 123 valence electrons. The van der Waals surface area contributed by atoms with Gasteiger partial charge in [-0.25, -0.2) is 5.01 Å². The van der Waals surface area contributed by atoms with E-state index in [0.717, 1.165) is 16.9 Å². The highest BCUT2D eigenvalue weighted by molar-refractivity contribution is 5.75. The Morgan fingerprint density at radius 3 is 2.74 bits per heavy atom. The van der Waals surface area contributed by atoms with E-state index in [-0.39, 0.29) is 5.91 Å². The van der Waals surface area contributed by atoms with E-state index in [4.69, 9.17) is 4.74 Å². The SMILES string of the molecule is CCC(=O)N(CCOc1c[c]cc(-c2cnn(C)c2)c1)N(C)C. The highest BCUT2D eigenvalue weighted by Gasteiger charge is 2.13. The van der Waals surface area contributed by atoms with Gasteiger partial charge in [0.15, 0.2) is 0 Å². The van der Waals surface area contributed by atoms with E-state index in [1.54, 1.807) is 27.0 Å². The molecule has 0 bridgehead atoms. The smallest absolute Gasteiger partial charge is 0.236 e. The molecule has 0 aliphatic carbocycles. The van der Waals surface area contributed by atoms with Crippen molar-refractivity contribution in [1.29, 1.82) is 0 Å². The lowest BCUT2D eigenvalue weighted by atomic mass is 10.1. The van der Waals surface area contributed by atoms with E-state index in [1.807, 2.05) is 46.4 Å². The summed E-state index contributed by atoms with van der Waals surface area (Å²) in [5.74, 6) is 0.809. The van der Waals surface area contributed by atoms with Crippen molar-refractivity contribution >= 4 is 5.91 Å². The normalized spacial score (nSPS) is 10.8. The molecule has 0 saturated carbocycles. The molecule has 2 aromatic rings. The fraction of sp³-hybridized carbons (Fsp3) is 0.412. The first-order valence-corrected chi connectivity index (χ1v) is 7.61. The maximum absolute atomic E-state index is 11.9. The Morgan fingerprint density at radius 1 is 1.35 bits per heavy atom. The van der Waals surface area contributed by atoms with Crippen molar-refractivity contribution in [2.24, 2.45) is 7.05 Å². The lowest BCUT2D eigenvalue weighted by molar-refractivity contribution is -0.145. The highest BCUT2D eigenvalue weighted by Crippen LogP contribution is 2.22. The van der Waals surface area contributed by atoms with Crippen LogP contribution in [0.2, 0.25) is 0 Å². The Morgan fingerprint density at radius 2 is 2.13 bits per heavy atom. The van der Waals surface area contributed by atoms with E-state index in [0.29, 0.717) is 19.6 Å². The Labute approximate surface area is 137 Å². The molecule has 0 spiro atoms. The average Bonchev–Trinajstić information content (AvgIpc) is 2.97. The molecule has 0 aliphatic heterocycles. The molecule has 0 fully saturated rings. The number of carbonyl (C=O) groups is 1. The lowest BCUT2D eigenvalue weighted by Crippen LogP contribution is -2.43. The number of hydrazine groups is 1. The van der Waals surface area contributed by atoms with Gasteiger partial charge >= 0.3 is 0 Å². The Hall–Kier alpha value is -2.34. The van der Waals surface area contributed by atoms with Gasteiger partial charge in [0.25, 0.3) is 0 Å². The van der Waals surface area contributed by atoms with Crippen molar-refractivity contribution in [3.63, 3.8) is 0 Å². The molecule has 1 amide bonds. The monoisotopic (exact) mass is 315 g/mol. The lowest BCUT2D eigenvalue weighted by Gasteiger charge is -2.28. The maximum Gasteiger partial charge on any atom is 0.236 e. The van der Waals surface area contributed by atoms with Crippen molar-refractivity contribution < 1.29 is 9.53 Å². The number of amides is 1. The molecule has 0 aliphatic rings. The minimum Gasteiger partial charge on any atom is -0.492 e. The van der Waals surface area contributed by atoms with Crippen LogP contribution in [0.4, 0.5) is 0 Å². The standard InChI is InChI=1S/C17H23N4O2/c1-5-17(22)21(19(2)3)9-10-23-16-8-6-7-14(11-16)15-12-18-20(4)13-15/h7-8,11-13H,5,9-10H2,1-4H3. The van der Waals surface area contributed by atoms with Gasteiger partial charge in [0.1, 0.15) is 12.4 Å². The van der Waals surface area contributed by atoms with Crippen LogP contribution in [0.3, 0.4) is 0 Å². The number of hydrogen-bond acceptors (Lipinski definition) is 4. The fourth-order valence-corrected chi connectivity index (χ4v) is 2.25. The number of carbonyl (C=O) groups excluding carboxylic acids is 1. The van der Waals surface area contributed by atoms with Crippen molar-refractivity contribution in [1.82, 2.24) is 19.8 Å². The van der Waals surface area contributed by atoms with Gasteiger partial charge in [-0.05, 0) is 29.8 Å². The van der Waals surface area contributed by atoms with Gasteiger partial charge in [0.05, 0.1) is 12.7 Å². The second-order valence-corrected chi connectivity index (χ2v) is 5.43. The summed E-state index contributed by atoms with van der Waals surface area (Å²) in [5.41, 5.74) is 2.02. The summed E-state index contributed by atoms with van der Waals surface area (Å²) in [7, 11) is 5.59. The molecule has 23 heavy (non-hydrogen) atoms. The Kier molecular flexibility index (Phi) is 5.76. The summed E-state index contributed by atoms with van der Waals surface area (Å²) in [6.07, 6.45) is 4.23. The van der Waals surface area contributed by atoms with Crippen LogP contribution in [-0.4, -0.2) is 53.0 Å². The zero-order chi connectivity index (χ0) is 16.8. The molecule has 0 saturated heterocycles. The number of aromatic nitrogens is 2. The molecule has 6 heteroatoms. The molecule has 1 aromatic carbocycles. The van der Waals surface area contributed by atoms with E-state index < -0.39 is 0 Å². The molecular weight excluding hydrogens is 292 g/mol. The van der Waals surface area contributed by atoms with E-state index in [1.165, 1.54) is 0 Å². The van der Waals surface area contributed by atoms with E-state index >= 15 is 0 Å². The number of ether oxygens (including phenoxy) is 1. The van der Waals surface area contributed by atoms with Gasteiger partial charge in [-0.1, -0.05) is 6.92 Å². The Bertz CT molecular complexity index is 652. The predicted molar refractivity (Wildman–Crippen MR) is 88.7 cm³/mol. The van der Waals surface area contributed by atoms with Crippen LogP contribution in [0.15, 0.2) is 30.6 Å². The molecule has 2 rings (SSSR count). The van der Waals surface area contributed by atoms with Gasteiger partial charge in [0, 0.05) is 39.3 Å². The number of aryl methyl sites for hydroxylation is 1. The highest BCUT2D eigenvalue weighted by atomic mass is 16.5. The quantitative estimate of drug-likeness (QED) is 0.733. The number of rotatable bonds is 7. The minimum atomic E-state index is 0.0780. The molecule has 0 unspecified atom stereocenters. The van der Waals surface area contributed by atoms with E-state index in [9.17, 15) is 4.79 Å². The minimum absolute atomic E-state index is 0.0780. The average molecular weight is 315 g/mol. The fourth-order valence-electron chi connectivity index (χ4n) is 2.25. The van der Waals surface area contributed by atoms with Crippen LogP contribution in [-0.2, 0) is 11.8 Å². The first-order valence-electron chi connectivity index (χ1n) is 7.61.